The first kappa shape index (κ1) is 14.0. The Morgan fingerprint density at radius 3 is 2.41 bits per heavy atom. The van der Waals surface area contributed by atoms with Gasteiger partial charge in [-0.3, -0.25) is 4.84 Å². The number of hydrogen-bond donors (Lipinski definition) is 1. The molecule has 1 N–H and O–H groups in total. The summed E-state index contributed by atoms with van der Waals surface area (Å²) in [6, 6.07) is 9.47. The molecule has 1 aromatic rings. The SMILES string of the molecule is CCC(Cc1ccccc1)NOCC(F)(F)F. The van der Waals surface area contributed by atoms with Gasteiger partial charge in [-0.2, -0.15) is 18.7 Å². The lowest BCUT2D eigenvalue weighted by molar-refractivity contribution is -0.193. The van der Waals surface area contributed by atoms with Gasteiger partial charge in [-0.1, -0.05) is 37.3 Å². The van der Waals surface area contributed by atoms with Gasteiger partial charge < -0.3 is 0 Å². The highest BCUT2D eigenvalue weighted by Gasteiger charge is 2.28. The Morgan fingerprint density at radius 2 is 1.88 bits per heavy atom. The van der Waals surface area contributed by atoms with Gasteiger partial charge in [-0.05, 0) is 18.4 Å². The minimum absolute atomic E-state index is 0.111. The lowest BCUT2D eigenvalue weighted by Crippen LogP contribution is -2.34. The zero-order valence-corrected chi connectivity index (χ0v) is 9.63. The Balaban J connectivity index is 2.34. The predicted molar refractivity (Wildman–Crippen MR) is 59.4 cm³/mol. The maximum atomic E-state index is 11.9. The van der Waals surface area contributed by atoms with Crippen LogP contribution in [0.5, 0.6) is 0 Å². The second-order valence-electron chi connectivity index (χ2n) is 3.82. The van der Waals surface area contributed by atoms with E-state index in [2.05, 4.69) is 10.3 Å². The summed E-state index contributed by atoms with van der Waals surface area (Å²) in [6.07, 6.45) is -2.94. The first-order valence-electron chi connectivity index (χ1n) is 5.49. The van der Waals surface area contributed by atoms with E-state index in [1.807, 2.05) is 37.3 Å². The molecule has 0 saturated carbocycles. The molecule has 1 aromatic carbocycles. The molecule has 0 aliphatic heterocycles. The summed E-state index contributed by atoms with van der Waals surface area (Å²) < 4.78 is 35.6. The molecule has 1 rings (SSSR count). The van der Waals surface area contributed by atoms with Crippen molar-refractivity contribution in [2.45, 2.75) is 32.0 Å². The van der Waals surface area contributed by atoms with E-state index in [0.29, 0.717) is 12.8 Å². The average Bonchev–Trinajstić information content (AvgIpc) is 2.27. The number of nitrogens with one attached hydrogen (secondary N) is 1. The summed E-state index contributed by atoms with van der Waals surface area (Å²) >= 11 is 0. The number of hydroxylamine groups is 1. The van der Waals surface area contributed by atoms with Crippen LogP contribution in [-0.4, -0.2) is 18.8 Å². The molecule has 0 aromatic heterocycles. The topological polar surface area (TPSA) is 21.3 Å². The van der Waals surface area contributed by atoms with E-state index >= 15 is 0 Å². The molecular formula is C12H16F3NO. The molecule has 0 amide bonds. The molecular weight excluding hydrogens is 231 g/mol. The van der Waals surface area contributed by atoms with Crippen LogP contribution in [0.4, 0.5) is 13.2 Å². The Labute approximate surface area is 98.7 Å². The van der Waals surface area contributed by atoms with Gasteiger partial charge in [0, 0.05) is 6.04 Å². The van der Waals surface area contributed by atoms with Crippen LogP contribution in [0.1, 0.15) is 18.9 Å². The minimum atomic E-state index is -4.29. The van der Waals surface area contributed by atoms with Crippen molar-refractivity contribution in [3.8, 4) is 0 Å². The van der Waals surface area contributed by atoms with Crippen molar-refractivity contribution < 1.29 is 18.0 Å². The fourth-order valence-electron chi connectivity index (χ4n) is 1.41. The first-order chi connectivity index (χ1) is 8.01. The van der Waals surface area contributed by atoms with Crippen molar-refractivity contribution >= 4 is 0 Å². The van der Waals surface area contributed by atoms with Crippen LogP contribution >= 0.6 is 0 Å². The Morgan fingerprint density at radius 1 is 1.24 bits per heavy atom. The highest BCUT2D eigenvalue weighted by Crippen LogP contribution is 2.14. The molecule has 0 saturated heterocycles. The quantitative estimate of drug-likeness (QED) is 0.780. The molecule has 0 radical (unpaired) electrons. The van der Waals surface area contributed by atoms with Crippen LogP contribution in [0.15, 0.2) is 30.3 Å². The smallest absolute Gasteiger partial charge is 0.292 e. The van der Waals surface area contributed by atoms with Crippen LogP contribution in [0.25, 0.3) is 0 Å². The third kappa shape index (κ3) is 6.28. The molecule has 0 aliphatic rings. The van der Waals surface area contributed by atoms with E-state index in [1.165, 1.54) is 0 Å². The molecule has 0 aliphatic carbocycles. The zero-order valence-electron chi connectivity index (χ0n) is 9.63. The van der Waals surface area contributed by atoms with Crippen molar-refractivity contribution in [2.75, 3.05) is 6.61 Å². The van der Waals surface area contributed by atoms with E-state index in [4.69, 9.17) is 0 Å². The third-order valence-electron chi connectivity index (χ3n) is 2.30. The summed E-state index contributed by atoms with van der Waals surface area (Å²) in [5, 5.41) is 0. The van der Waals surface area contributed by atoms with Crippen LogP contribution in [0.2, 0.25) is 0 Å². The number of halogens is 3. The van der Waals surface area contributed by atoms with E-state index in [-0.39, 0.29) is 6.04 Å². The molecule has 2 nitrogen and oxygen atoms in total. The second kappa shape index (κ2) is 6.61. The van der Waals surface area contributed by atoms with E-state index < -0.39 is 12.8 Å². The maximum absolute atomic E-state index is 11.9. The molecule has 0 heterocycles. The van der Waals surface area contributed by atoms with E-state index in [1.54, 1.807) is 0 Å². The van der Waals surface area contributed by atoms with Gasteiger partial charge in [-0.15, -0.1) is 0 Å². The lowest BCUT2D eigenvalue weighted by Gasteiger charge is -2.17. The van der Waals surface area contributed by atoms with Crippen molar-refractivity contribution in [1.82, 2.24) is 5.48 Å². The van der Waals surface area contributed by atoms with Crippen molar-refractivity contribution in [3.05, 3.63) is 35.9 Å². The van der Waals surface area contributed by atoms with Crippen molar-refractivity contribution in [3.63, 3.8) is 0 Å². The summed E-state index contributed by atoms with van der Waals surface area (Å²) in [5.41, 5.74) is 3.53. The number of benzene rings is 1. The summed E-state index contributed by atoms with van der Waals surface area (Å²) in [7, 11) is 0. The van der Waals surface area contributed by atoms with Gasteiger partial charge in [-0.25, -0.2) is 0 Å². The van der Waals surface area contributed by atoms with E-state index in [0.717, 1.165) is 5.56 Å². The molecule has 0 bridgehead atoms. The normalized spacial score (nSPS) is 13.6. The highest BCUT2D eigenvalue weighted by atomic mass is 19.4. The molecule has 96 valence electrons. The fraction of sp³-hybridized carbons (Fsp3) is 0.500. The summed E-state index contributed by atoms with van der Waals surface area (Å²) in [6.45, 7) is 0.635. The highest BCUT2D eigenvalue weighted by molar-refractivity contribution is 5.15. The lowest BCUT2D eigenvalue weighted by atomic mass is 10.1. The molecule has 5 heteroatoms. The van der Waals surface area contributed by atoms with Crippen LogP contribution in [0.3, 0.4) is 0 Å². The zero-order chi connectivity index (χ0) is 12.7. The van der Waals surface area contributed by atoms with Gasteiger partial charge in [0.1, 0.15) is 0 Å². The fourth-order valence-corrected chi connectivity index (χ4v) is 1.41. The second-order valence-corrected chi connectivity index (χ2v) is 3.82. The molecule has 17 heavy (non-hydrogen) atoms. The Hall–Kier alpha value is -1.07. The number of alkyl halides is 3. The van der Waals surface area contributed by atoms with Crippen LogP contribution in [0, 0.1) is 0 Å². The van der Waals surface area contributed by atoms with Gasteiger partial charge in [0.2, 0.25) is 0 Å². The van der Waals surface area contributed by atoms with Crippen LogP contribution < -0.4 is 5.48 Å². The van der Waals surface area contributed by atoms with Gasteiger partial charge in [0.05, 0.1) is 0 Å². The average molecular weight is 247 g/mol. The standard InChI is InChI=1S/C12H16F3NO/c1-2-11(16-17-9-12(13,14)15)8-10-6-4-3-5-7-10/h3-7,11,16H,2,8-9H2,1H3. The molecule has 0 spiro atoms. The van der Waals surface area contributed by atoms with Crippen molar-refractivity contribution in [1.29, 1.82) is 0 Å². The molecule has 1 unspecified atom stereocenters. The predicted octanol–water partition coefficient (Wildman–Crippen LogP) is 3.09. The Bertz CT molecular complexity index is 313. The monoisotopic (exact) mass is 247 g/mol. The first-order valence-corrected chi connectivity index (χ1v) is 5.49. The van der Waals surface area contributed by atoms with Gasteiger partial charge >= 0.3 is 6.18 Å². The molecule has 1 atom stereocenters. The third-order valence-corrected chi connectivity index (χ3v) is 2.30. The number of hydrogen-bond acceptors (Lipinski definition) is 2. The summed E-state index contributed by atoms with van der Waals surface area (Å²) in [5.74, 6) is 0. The van der Waals surface area contributed by atoms with Crippen LogP contribution in [-0.2, 0) is 11.3 Å². The minimum Gasteiger partial charge on any atom is -0.292 e. The molecule has 0 fully saturated rings. The van der Waals surface area contributed by atoms with Crippen molar-refractivity contribution in [2.24, 2.45) is 0 Å². The number of rotatable bonds is 6. The van der Waals surface area contributed by atoms with Gasteiger partial charge in [0.15, 0.2) is 6.61 Å². The largest absolute Gasteiger partial charge is 0.413 e. The van der Waals surface area contributed by atoms with E-state index in [9.17, 15) is 13.2 Å². The maximum Gasteiger partial charge on any atom is 0.413 e. The summed E-state index contributed by atoms with van der Waals surface area (Å²) in [4.78, 5) is 4.45. The van der Waals surface area contributed by atoms with Gasteiger partial charge in [0.25, 0.3) is 0 Å². The Kier molecular flexibility index (Phi) is 5.44.